The SMILES string of the molecule is COC(=O)[C@@H]1O[C@@H](O[C@@H]2[C@H](O[C@H]3CC[C@]4(C)[C@H]5C(=O)C=C6[C@@H]7C[C@@](C)(C(=O)O)CC[C@]7(C)CC[C@@]6(C)[C@]5(C)CC[C@H]4C3(C)C)O[C@@H](C(=O)OC)[C@@H](OC(C)=O)[C@@H]2OC(C)=O)[C@@H](OC(C)=O)[C@@H](OC(C)=O)[C@@H]1OC(C)=O. The summed E-state index contributed by atoms with van der Waals surface area (Å²) >= 11 is 0. The second-order valence-corrected chi connectivity index (χ2v) is 23.9. The van der Waals surface area contributed by atoms with Crippen LogP contribution in [0.5, 0.6) is 0 Å². The van der Waals surface area contributed by atoms with Crippen LogP contribution in [-0.2, 0) is 95.3 Å². The molecule has 0 aromatic carbocycles. The van der Waals surface area contributed by atoms with Crippen LogP contribution in [0.1, 0.15) is 141 Å². The molecule has 0 spiro atoms. The molecule has 1 N–H and O–H groups in total. The summed E-state index contributed by atoms with van der Waals surface area (Å²) in [5, 5.41) is 10.4. The van der Waals surface area contributed by atoms with E-state index in [4.69, 9.17) is 52.1 Å². The Labute approximate surface area is 437 Å². The maximum atomic E-state index is 15.2. The van der Waals surface area contributed by atoms with Gasteiger partial charge in [0.05, 0.1) is 25.7 Å². The molecule has 2 saturated heterocycles. The third-order valence-electron chi connectivity index (χ3n) is 19.0. The Morgan fingerprint density at radius 1 is 0.573 bits per heavy atom. The minimum Gasteiger partial charge on any atom is -0.481 e. The molecule has 0 bridgehead atoms. The molecule has 0 aromatic rings. The second-order valence-electron chi connectivity index (χ2n) is 23.9. The fraction of sp³-hybridized carbons (Fsp3) is 0.796. The van der Waals surface area contributed by atoms with Crippen LogP contribution in [0, 0.1) is 50.2 Å². The summed E-state index contributed by atoms with van der Waals surface area (Å²) in [7, 11) is 2.08. The van der Waals surface area contributed by atoms with Crippen molar-refractivity contribution in [3.05, 3.63) is 11.6 Å². The fourth-order valence-corrected chi connectivity index (χ4v) is 15.1. The summed E-state index contributed by atoms with van der Waals surface area (Å²) in [5.41, 5.74) is -2.20. The predicted octanol–water partition coefficient (Wildman–Crippen LogP) is 5.28. The number of ketones is 1. The molecule has 0 aromatic heterocycles. The molecule has 21 nitrogen and oxygen atoms in total. The Bertz CT molecular complexity index is 2360. The van der Waals surface area contributed by atoms with Gasteiger partial charge in [-0.2, -0.15) is 0 Å². The van der Waals surface area contributed by atoms with Crippen molar-refractivity contribution in [2.45, 2.75) is 208 Å². The number of rotatable bonds is 12. The number of ether oxygens (including phenoxy) is 11. The number of esters is 7. The standard InChI is InChI=1S/C54H76O21/c1-25(55)67-35-37(69-27(3)57)41(71-29(5)59)47(74-40(35)45(62)66-14)75-42-38(70-28(4)58)36(68-26(2)56)39(44(61)65-13)73-46(42)72-34-16-17-52(10)33(49(34,6)7)15-18-54(12)43(52)32(60)23-30-31-24-51(9,48(63)64)20-19-50(31,8)21-22-53(30,54)11/h23,31,33-43,46-47H,15-22,24H2,1-14H3,(H,63,64)/t31-,33-,34-,35-,36-,37-,38-,39+,40+,41-,42-,43+,46+,47-,50+,51-,52-,53+,54+/m0/s1. The molecule has 0 amide bonds. The van der Waals surface area contributed by atoms with E-state index in [9.17, 15) is 43.5 Å². The highest BCUT2D eigenvalue weighted by Gasteiger charge is 2.71. The van der Waals surface area contributed by atoms with Crippen molar-refractivity contribution >= 4 is 53.5 Å². The topological polar surface area (TPSA) is 275 Å². The number of methoxy groups -OCH3 is 2. The molecule has 7 aliphatic rings. The molecule has 6 fully saturated rings. The van der Waals surface area contributed by atoms with Crippen molar-refractivity contribution in [1.29, 1.82) is 0 Å². The van der Waals surface area contributed by atoms with E-state index in [1.165, 1.54) is 0 Å². The van der Waals surface area contributed by atoms with Crippen molar-refractivity contribution in [2.75, 3.05) is 14.2 Å². The number of carboxylic acid groups (broad SMARTS) is 1. The monoisotopic (exact) mass is 1060 g/mol. The Hall–Kier alpha value is -4.99. The number of carboxylic acids is 1. The van der Waals surface area contributed by atoms with E-state index in [-0.39, 0.29) is 23.0 Å². The Kier molecular flexibility index (Phi) is 16.0. The highest BCUT2D eigenvalue weighted by Crippen LogP contribution is 2.75. The minimum atomic E-state index is -2.00. The Morgan fingerprint density at radius 3 is 1.53 bits per heavy atom. The lowest BCUT2D eigenvalue weighted by Gasteiger charge is -2.70. The van der Waals surface area contributed by atoms with Crippen molar-refractivity contribution in [3.63, 3.8) is 0 Å². The summed E-state index contributed by atoms with van der Waals surface area (Å²) in [6.45, 7) is 20.0. The Morgan fingerprint density at radius 2 is 1.04 bits per heavy atom. The summed E-state index contributed by atoms with van der Waals surface area (Å²) < 4.78 is 64.4. The van der Waals surface area contributed by atoms with Gasteiger partial charge < -0.3 is 57.2 Å². The summed E-state index contributed by atoms with van der Waals surface area (Å²) in [6, 6.07) is 0. The van der Waals surface area contributed by atoms with Crippen molar-refractivity contribution in [3.8, 4) is 0 Å². The number of aliphatic carboxylic acids is 1. The van der Waals surface area contributed by atoms with E-state index in [0.717, 1.165) is 73.7 Å². The van der Waals surface area contributed by atoms with Crippen LogP contribution in [0.15, 0.2) is 11.6 Å². The molecule has 75 heavy (non-hydrogen) atoms. The average molecular weight is 1060 g/mol. The van der Waals surface area contributed by atoms with E-state index in [2.05, 4.69) is 27.7 Å². The van der Waals surface area contributed by atoms with Gasteiger partial charge in [0.15, 0.2) is 60.9 Å². The molecule has 7 rings (SSSR count). The normalized spacial score (nSPS) is 42.7. The third-order valence-corrected chi connectivity index (χ3v) is 19.0. The number of fused-ring (bicyclic) bond motifs is 7. The van der Waals surface area contributed by atoms with Gasteiger partial charge in [-0.3, -0.25) is 33.6 Å². The van der Waals surface area contributed by atoms with Crippen LogP contribution < -0.4 is 0 Å². The van der Waals surface area contributed by atoms with Crippen LogP contribution >= 0.6 is 0 Å². The number of allylic oxidation sites excluding steroid dienone is 2. The first-order valence-electron chi connectivity index (χ1n) is 26.0. The smallest absolute Gasteiger partial charge is 0.339 e. The quantitative estimate of drug-likeness (QED) is 0.148. The average Bonchev–Trinajstić information content (AvgIpc) is 3.30. The molecular weight excluding hydrogens is 985 g/mol. The first kappa shape index (κ1) is 57.7. The van der Waals surface area contributed by atoms with Crippen LogP contribution in [0.4, 0.5) is 0 Å². The van der Waals surface area contributed by atoms with Gasteiger partial charge in [0.2, 0.25) is 6.29 Å². The number of hydrogen-bond donors (Lipinski definition) is 1. The predicted molar refractivity (Wildman–Crippen MR) is 256 cm³/mol. The van der Waals surface area contributed by atoms with Gasteiger partial charge in [-0.1, -0.05) is 47.1 Å². The van der Waals surface area contributed by atoms with Crippen LogP contribution in [-0.4, -0.2) is 140 Å². The third kappa shape index (κ3) is 10.1. The molecule has 2 heterocycles. The van der Waals surface area contributed by atoms with E-state index in [0.29, 0.717) is 38.5 Å². The lowest BCUT2D eigenvalue weighted by Crippen LogP contribution is -2.69. The number of carbonyl (C=O) groups is 9. The summed E-state index contributed by atoms with van der Waals surface area (Å²) in [6.07, 6.45) is -11.4. The first-order chi connectivity index (χ1) is 34.8. The van der Waals surface area contributed by atoms with Crippen molar-refractivity contribution < 1.29 is 100 Å². The number of hydrogen-bond acceptors (Lipinski definition) is 20. The summed E-state index contributed by atoms with van der Waals surface area (Å²) in [4.78, 5) is 119. The highest BCUT2D eigenvalue weighted by molar-refractivity contribution is 5.96. The van der Waals surface area contributed by atoms with Gasteiger partial charge in [0.1, 0.15) is 0 Å². The largest absolute Gasteiger partial charge is 0.481 e. The van der Waals surface area contributed by atoms with E-state index in [1.807, 2.05) is 26.8 Å². The highest BCUT2D eigenvalue weighted by atomic mass is 16.8. The lowest BCUT2D eigenvalue weighted by molar-refractivity contribution is -0.372. The maximum Gasteiger partial charge on any atom is 0.339 e. The zero-order valence-corrected chi connectivity index (χ0v) is 45.6. The second kappa shape index (κ2) is 20.8. The van der Waals surface area contributed by atoms with E-state index in [1.54, 1.807) is 0 Å². The number of carbonyl (C=O) groups excluding carboxylic acids is 8. The minimum absolute atomic E-state index is 0.0352. The molecule has 2 aliphatic heterocycles. The van der Waals surface area contributed by atoms with Crippen molar-refractivity contribution in [1.82, 2.24) is 0 Å². The van der Waals surface area contributed by atoms with Gasteiger partial charge in [-0.15, -0.1) is 0 Å². The maximum absolute atomic E-state index is 15.2. The lowest BCUT2D eigenvalue weighted by atomic mass is 9.33. The van der Waals surface area contributed by atoms with Gasteiger partial charge in [0.25, 0.3) is 0 Å². The van der Waals surface area contributed by atoms with Crippen LogP contribution in [0.3, 0.4) is 0 Å². The van der Waals surface area contributed by atoms with Crippen molar-refractivity contribution in [2.24, 2.45) is 50.2 Å². The molecule has 418 valence electrons. The molecule has 21 heteroatoms. The molecule has 4 saturated carbocycles. The molecule has 0 radical (unpaired) electrons. The zero-order chi connectivity index (χ0) is 55.7. The van der Waals surface area contributed by atoms with Crippen LogP contribution in [0.2, 0.25) is 0 Å². The zero-order valence-electron chi connectivity index (χ0n) is 45.6. The van der Waals surface area contributed by atoms with Gasteiger partial charge in [-0.05, 0) is 110 Å². The molecule has 5 aliphatic carbocycles. The van der Waals surface area contributed by atoms with Crippen LogP contribution in [0.25, 0.3) is 0 Å². The molecule has 0 unspecified atom stereocenters. The van der Waals surface area contributed by atoms with Gasteiger partial charge in [0, 0.05) is 40.5 Å². The van der Waals surface area contributed by atoms with Gasteiger partial charge >= 0.3 is 47.8 Å². The summed E-state index contributed by atoms with van der Waals surface area (Å²) in [5.74, 6) is -8.36. The molecular formula is C54H76O21. The molecule has 19 atom stereocenters. The Balaban J connectivity index is 1.29. The first-order valence-corrected chi connectivity index (χ1v) is 26.0. The van der Waals surface area contributed by atoms with E-state index < -0.39 is 148 Å². The van der Waals surface area contributed by atoms with E-state index >= 15 is 4.79 Å². The van der Waals surface area contributed by atoms with Gasteiger partial charge in [-0.25, -0.2) is 9.59 Å². The fourth-order valence-electron chi connectivity index (χ4n) is 15.1.